The van der Waals surface area contributed by atoms with Crippen molar-refractivity contribution < 1.29 is 13.3 Å². The summed E-state index contributed by atoms with van der Waals surface area (Å²) >= 11 is 9.54. The topological polar surface area (TPSA) is 0 Å². The van der Waals surface area contributed by atoms with Gasteiger partial charge in [-0.15, -0.1) is 24.0 Å². The summed E-state index contributed by atoms with van der Waals surface area (Å²) in [6, 6.07) is 0. The number of hydrogen-bond acceptors (Lipinski definition) is 0. The molecule has 6 heteroatoms. The average Bonchev–Trinajstić information content (AvgIpc) is 2.51. The van der Waals surface area contributed by atoms with Gasteiger partial charge in [0.05, 0.1) is 0 Å². The molecule has 140 valence electrons. The van der Waals surface area contributed by atoms with E-state index in [9.17, 15) is 0 Å². The first-order valence-corrected chi connectivity index (χ1v) is 26.1. The molecule has 0 heterocycles. The van der Waals surface area contributed by atoms with Crippen LogP contribution in [0, 0.1) is 0 Å². The summed E-state index contributed by atoms with van der Waals surface area (Å²) in [5.74, 6) is 0. The van der Waals surface area contributed by atoms with Crippen LogP contribution in [0.3, 0.4) is 0 Å². The standard InChI is InChI=1S/2C3H8.4C2H6.I3.I2.HI/c2*1-3-2;4*1-2;1-3-2;1-2;/h2*3H2,1-2H3;4*1-2H3;;;1H/q;;;;;;-1;;. The van der Waals surface area contributed by atoms with Crippen LogP contribution < -0.4 is 13.3 Å². The van der Waals surface area contributed by atoms with Gasteiger partial charge in [-0.3, -0.25) is 0 Å². The van der Waals surface area contributed by atoms with E-state index in [2.05, 4.69) is 102 Å². The predicted molar refractivity (Wildman–Crippen MR) is 149 cm³/mol. The monoisotopic (exact) mass is 971 g/mol. The van der Waals surface area contributed by atoms with Gasteiger partial charge in [-0.25, -0.2) is 0 Å². The summed E-state index contributed by atoms with van der Waals surface area (Å²) in [7, 11) is 0. The summed E-state index contributed by atoms with van der Waals surface area (Å²) < 4.78 is 0. The molecule has 0 amide bonds. The minimum absolute atomic E-state index is 0. The van der Waals surface area contributed by atoms with E-state index in [1.54, 1.807) is 0 Å². The summed E-state index contributed by atoms with van der Waals surface area (Å²) in [6.07, 6.45) is 2.50. The van der Waals surface area contributed by atoms with Crippen molar-refractivity contribution in [1.82, 2.24) is 0 Å². The van der Waals surface area contributed by atoms with Gasteiger partial charge < -0.3 is 0 Å². The molecule has 0 N–H and O–H groups in total. The number of halogens is 6. The molecule has 0 unspecified atom stereocenters. The second kappa shape index (κ2) is 215. The first kappa shape index (κ1) is 56.3. The van der Waals surface area contributed by atoms with Crippen LogP contribution in [0.5, 0.6) is 0 Å². The molecule has 0 fully saturated rings. The molecular weight excluding hydrogens is 930 g/mol. The van der Waals surface area contributed by atoms with Gasteiger partial charge >= 0.3 is 50.5 Å². The fraction of sp³-hybridized carbons (Fsp3) is 1.00. The zero-order valence-corrected chi connectivity index (χ0v) is 28.8. The van der Waals surface area contributed by atoms with Gasteiger partial charge in [0.25, 0.3) is 0 Å². The summed E-state index contributed by atoms with van der Waals surface area (Å²) in [4.78, 5) is 0. The fourth-order valence-corrected chi connectivity index (χ4v) is 0. The van der Waals surface area contributed by atoms with Crippen LogP contribution in [0.4, 0.5) is 0 Å². The Hall–Kier alpha value is 4.38. The molecule has 0 saturated carbocycles. The zero-order valence-electron chi connectivity index (χ0n) is 15.7. The molecule has 0 atom stereocenters. The SMILES string of the molecule is CC.CC.CC.CC.CCC.CCC.I.II.I[I-]I. The summed E-state index contributed by atoms with van der Waals surface area (Å²) in [5, 5.41) is 0. The van der Waals surface area contributed by atoms with E-state index in [1.165, 1.54) is 12.8 Å². The first-order valence-electron chi connectivity index (χ1n) is 7.26. The third-order valence-corrected chi connectivity index (χ3v) is 0. The van der Waals surface area contributed by atoms with Crippen LogP contribution in [-0.2, 0) is 0 Å². The molecule has 0 aliphatic heterocycles. The summed E-state index contributed by atoms with van der Waals surface area (Å²) in [6.45, 7) is 24.5. The van der Waals surface area contributed by atoms with Crippen LogP contribution in [0.2, 0.25) is 0 Å². The molecule has 0 saturated heterocycles. The van der Waals surface area contributed by atoms with E-state index < -0.39 is 0 Å². The van der Waals surface area contributed by atoms with Gasteiger partial charge in [0.2, 0.25) is 0 Å². The van der Waals surface area contributed by atoms with E-state index in [0.717, 1.165) is 0 Å². The molecule has 0 rings (SSSR count). The van der Waals surface area contributed by atoms with Crippen molar-refractivity contribution >= 4 is 98.4 Å². The normalized spacial score (nSPS) is 4.40. The molecule has 0 aromatic heterocycles. The van der Waals surface area contributed by atoms with Crippen molar-refractivity contribution in [3.63, 3.8) is 0 Å². The van der Waals surface area contributed by atoms with Crippen molar-refractivity contribution in [3.05, 3.63) is 0 Å². The molecule has 0 nitrogen and oxygen atoms in total. The molecule has 0 aromatic rings. The quantitative estimate of drug-likeness (QED) is 0.216. The van der Waals surface area contributed by atoms with Gasteiger partial charge in [-0.2, -0.15) is 0 Å². The van der Waals surface area contributed by atoms with Crippen molar-refractivity contribution in [2.75, 3.05) is 0 Å². The van der Waals surface area contributed by atoms with E-state index in [1.807, 2.05) is 55.4 Å². The molecule has 0 bridgehead atoms. The Labute approximate surface area is 203 Å². The van der Waals surface area contributed by atoms with Crippen molar-refractivity contribution in [3.8, 4) is 0 Å². The first-order chi connectivity index (χ1) is 9.24. The molecule has 0 aliphatic rings. The van der Waals surface area contributed by atoms with E-state index in [-0.39, 0.29) is 24.0 Å². The third-order valence-electron chi connectivity index (χ3n) is 0. The van der Waals surface area contributed by atoms with Gasteiger partial charge in [0.15, 0.2) is 0 Å². The van der Waals surface area contributed by atoms with E-state index in [4.69, 9.17) is 0 Å². The Morgan fingerprint density at radius 1 is 0.550 bits per heavy atom. The minimum atomic E-state index is 0. The van der Waals surface area contributed by atoms with E-state index in [0.29, 0.717) is 13.3 Å². The number of rotatable bonds is 0. The maximum atomic E-state index is 2.39. The average molecular weight is 971 g/mol. The van der Waals surface area contributed by atoms with Gasteiger partial charge in [0.1, 0.15) is 0 Å². The van der Waals surface area contributed by atoms with Gasteiger partial charge in [-0.1, -0.05) is 95.9 Å². The van der Waals surface area contributed by atoms with Gasteiger partial charge in [0, 0.05) is 37.2 Å². The van der Waals surface area contributed by atoms with Crippen molar-refractivity contribution in [2.24, 2.45) is 0 Å². The van der Waals surface area contributed by atoms with Crippen LogP contribution in [-0.4, -0.2) is 0 Å². The number of hydrogen-bond donors (Lipinski definition) is 0. The molecular formula is C14H41I6-. The zero-order chi connectivity index (χ0) is 18.1. The molecule has 0 aromatic carbocycles. The van der Waals surface area contributed by atoms with Crippen molar-refractivity contribution in [1.29, 1.82) is 0 Å². The van der Waals surface area contributed by atoms with E-state index >= 15 is 0 Å². The Bertz CT molecular complexity index is 22.4. The maximum absolute atomic E-state index is 2.39. The molecule has 20 heavy (non-hydrogen) atoms. The van der Waals surface area contributed by atoms with Crippen LogP contribution >= 0.6 is 98.4 Å². The molecule has 0 spiro atoms. The summed E-state index contributed by atoms with van der Waals surface area (Å²) in [5.41, 5.74) is 0. The molecule has 0 radical (unpaired) electrons. The Morgan fingerprint density at radius 3 is 0.550 bits per heavy atom. The fourth-order valence-electron chi connectivity index (χ4n) is 0. The Balaban J connectivity index is -0.00000000991. The Morgan fingerprint density at radius 2 is 0.550 bits per heavy atom. The molecule has 0 aliphatic carbocycles. The van der Waals surface area contributed by atoms with Gasteiger partial charge in [-0.05, 0) is 0 Å². The van der Waals surface area contributed by atoms with Crippen LogP contribution in [0.1, 0.15) is 95.9 Å². The second-order valence-electron chi connectivity index (χ2n) is 1.47. The third kappa shape index (κ3) is 533. The van der Waals surface area contributed by atoms with Crippen LogP contribution in [0.25, 0.3) is 0 Å². The van der Waals surface area contributed by atoms with Crippen LogP contribution in [0.15, 0.2) is 0 Å². The second-order valence-corrected chi connectivity index (χ2v) is 17.7. The Kier molecular flexibility index (Phi) is 606. The predicted octanol–water partition coefficient (Wildman–Crippen LogP) is 8.10. The van der Waals surface area contributed by atoms with Crippen molar-refractivity contribution in [2.45, 2.75) is 95.9 Å².